The van der Waals surface area contributed by atoms with E-state index in [2.05, 4.69) is 10.6 Å². The van der Waals surface area contributed by atoms with Crippen molar-refractivity contribution in [2.75, 3.05) is 11.1 Å². The van der Waals surface area contributed by atoms with Gasteiger partial charge in [0.25, 0.3) is 0 Å². The molecule has 0 fully saturated rings. The maximum absolute atomic E-state index is 13.0. The molecule has 2 aromatic rings. The highest BCUT2D eigenvalue weighted by Crippen LogP contribution is 2.18. The van der Waals surface area contributed by atoms with E-state index in [0.29, 0.717) is 12.2 Å². The number of hydrogen-bond donors (Lipinski definition) is 3. The van der Waals surface area contributed by atoms with Gasteiger partial charge in [-0.05, 0) is 23.8 Å². The molecule has 5 heteroatoms. The summed E-state index contributed by atoms with van der Waals surface area (Å²) < 4.78 is 13.0. The number of nitrogen functional groups attached to an aromatic ring is 1. The molecular weight excluding hydrogens is 245 g/mol. The van der Waals surface area contributed by atoms with Gasteiger partial charge < -0.3 is 16.4 Å². The number of hydrogen-bond acceptors (Lipinski definition) is 2. The monoisotopic (exact) mass is 259 g/mol. The standard InChI is InChI=1S/C14H14FN3O/c15-11-6-7-12(16)13(8-11)18-14(19)17-9-10-4-2-1-3-5-10/h1-8H,9,16H2,(H2,17,18,19). The first kappa shape index (κ1) is 12.9. The zero-order valence-electron chi connectivity index (χ0n) is 10.2. The van der Waals surface area contributed by atoms with Crippen molar-refractivity contribution in [3.8, 4) is 0 Å². The predicted molar refractivity (Wildman–Crippen MR) is 73.1 cm³/mol. The average Bonchev–Trinajstić information content (AvgIpc) is 2.42. The summed E-state index contributed by atoms with van der Waals surface area (Å²) in [6.07, 6.45) is 0. The number of halogens is 1. The lowest BCUT2D eigenvalue weighted by atomic mass is 10.2. The van der Waals surface area contributed by atoms with Crippen LogP contribution in [0.5, 0.6) is 0 Å². The molecule has 0 saturated carbocycles. The SMILES string of the molecule is Nc1ccc(F)cc1NC(=O)NCc1ccccc1. The minimum absolute atomic E-state index is 0.255. The van der Waals surface area contributed by atoms with Gasteiger partial charge in [0.15, 0.2) is 0 Å². The fraction of sp³-hybridized carbons (Fsp3) is 0.0714. The molecule has 0 unspecified atom stereocenters. The molecule has 2 aromatic carbocycles. The molecular formula is C14H14FN3O. The molecule has 0 bridgehead atoms. The molecule has 0 heterocycles. The highest BCUT2D eigenvalue weighted by Gasteiger charge is 2.05. The van der Waals surface area contributed by atoms with Crippen LogP contribution in [0.1, 0.15) is 5.56 Å². The number of urea groups is 1. The minimum Gasteiger partial charge on any atom is -0.397 e. The van der Waals surface area contributed by atoms with E-state index >= 15 is 0 Å². The van der Waals surface area contributed by atoms with E-state index in [-0.39, 0.29) is 5.69 Å². The largest absolute Gasteiger partial charge is 0.397 e. The molecule has 4 N–H and O–H groups in total. The van der Waals surface area contributed by atoms with Crippen molar-refractivity contribution in [1.29, 1.82) is 0 Å². The lowest BCUT2D eigenvalue weighted by molar-refractivity contribution is 0.251. The quantitative estimate of drug-likeness (QED) is 0.742. The van der Waals surface area contributed by atoms with Crippen LogP contribution in [0.25, 0.3) is 0 Å². The first-order valence-corrected chi connectivity index (χ1v) is 5.79. The van der Waals surface area contributed by atoms with Crippen LogP contribution in [0.15, 0.2) is 48.5 Å². The predicted octanol–water partition coefficient (Wildman–Crippen LogP) is 2.73. The third kappa shape index (κ3) is 3.70. The zero-order valence-corrected chi connectivity index (χ0v) is 10.2. The average molecular weight is 259 g/mol. The number of anilines is 2. The Morgan fingerprint density at radius 2 is 1.89 bits per heavy atom. The van der Waals surface area contributed by atoms with Crippen molar-refractivity contribution in [3.05, 3.63) is 59.9 Å². The molecule has 0 aliphatic carbocycles. The van der Waals surface area contributed by atoms with Crippen LogP contribution in [0, 0.1) is 5.82 Å². The fourth-order valence-corrected chi connectivity index (χ4v) is 1.58. The summed E-state index contributed by atoms with van der Waals surface area (Å²) in [5.41, 5.74) is 7.18. The molecule has 19 heavy (non-hydrogen) atoms. The number of nitrogens with two attached hydrogens (primary N) is 1. The molecule has 0 radical (unpaired) electrons. The normalized spacial score (nSPS) is 9.95. The van der Waals surface area contributed by atoms with Crippen molar-refractivity contribution in [3.63, 3.8) is 0 Å². The fourth-order valence-electron chi connectivity index (χ4n) is 1.58. The molecule has 4 nitrogen and oxygen atoms in total. The first-order valence-electron chi connectivity index (χ1n) is 5.79. The third-order valence-corrected chi connectivity index (χ3v) is 2.56. The highest BCUT2D eigenvalue weighted by molar-refractivity contribution is 5.92. The van der Waals surface area contributed by atoms with Crippen LogP contribution in [0.2, 0.25) is 0 Å². The third-order valence-electron chi connectivity index (χ3n) is 2.56. The molecule has 0 aromatic heterocycles. The van der Waals surface area contributed by atoms with Gasteiger partial charge in [-0.25, -0.2) is 9.18 Å². The lowest BCUT2D eigenvalue weighted by Gasteiger charge is -2.09. The van der Waals surface area contributed by atoms with E-state index in [1.54, 1.807) is 0 Å². The Balaban J connectivity index is 1.93. The lowest BCUT2D eigenvalue weighted by Crippen LogP contribution is -2.28. The number of carbonyl (C=O) groups excluding carboxylic acids is 1. The summed E-state index contributed by atoms with van der Waals surface area (Å²) in [5, 5.41) is 5.17. The van der Waals surface area contributed by atoms with E-state index in [9.17, 15) is 9.18 Å². The van der Waals surface area contributed by atoms with E-state index < -0.39 is 11.8 Å². The second kappa shape index (κ2) is 5.86. The Hall–Kier alpha value is -2.56. The Morgan fingerprint density at radius 3 is 2.63 bits per heavy atom. The minimum atomic E-state index is -0.451. The number of benzene rings is 2. The topological polar surface area (TPSA) is 67.1 Å². The highest BCUT2D eigenvalue weighted by atomic mass is 19.1. The first-order chi connectivity index (χ1) is 9.15. The Bertz CT molecular complexity index is 572. The van der Waals surface area contributed by atoms with Gasteiger partial charge >= 0.3 is 6.03 Å². The van der Waals surface area contributed by atoms with E-state index in [0.717, 1.165) is 5.56 Å². The molecule has 2 amide bonds. The van der Waals surface area contributed by atoms with Gasteiger partial charge in [-0.15, -0.1) is 0 Å². The molecule has 2 rings (SSSR count). The number of nitrogens with one attached hydrogen (secondary N) is 2. The smallest absolute Gasteiger partial charge is 0.319 e. The van der Waals surface area contributed by atoms with Crippen molar-refractivity contribution in [2.24, 2.45) is 0 Å². The Morgan fingerprint density at radius 1 is 1.16 bits per heavy atom. The second-order valence-electron chi connectivity index (χ2n) is 4.02. The van der Waals surface area contributed by atoms with Crippen LogP contribution in [-0.4, -0.2) is 6.03 Å². The Kier molecular flexibility index (Phi) is 3.97. The van der Waals surface area contributed by atoms with Gasteiger partial charge in [-0.1, -0.05) is 30.3 Å². The van der Waals surface area contributed by atoms with Gasteiger partial charge in [0, 0.05) is 6.54 Å². The van der Waals surface area contributed by atoms with Gasteiger partial charge in [0.05, 0.1) is 11.4 Å². The van der Waals surface area contributed by atoms with E-state index in [4.69, 9.17) is 5.73 Å². The maximum Gasteiger partial charge on any atom is 0.319 e. The van der Waals surface area contributed by atoms with Gasteiger partial charge in [-0.2, -0.15) is 0 Å². The van der Waals surface area contributed by atoms with Crippen LogP contribution in [0.3, 0.4) is 0 Å². The summed E-state index contributed by atoms with van der Waals surface area (Å²) >= 11 is 0. The second-order valence-corrected chi connectivity index (χ2v) is 4.02. The molecule has 0 aliphatic rings. The van der Waals surface area contributed by atoms with Crippen LogP contribution >= 0.6 is 0 Å². The number of rotatable bonds is 3. The number of carbonyl (C=O) groups is 1. The van der Waals surface area contributed by atoms with Gasteiger partial charge in [0.2, 0.25) is 0 Å². The van der Waals surface area contributed by atoms with Crippen LogP contribution in [-0.2, 0) is 6.54 Å². The van der Waals surface area contributed by atoms with E-state index in [1.807, 2.05) is 30.3 Å². The van der Waals surface area contributed by atoms with E-state index in [1.165, 1.54) is 18.2 Å². The summed E-state index contributed by atoms with van der Waals surface area (Å²) in [7, 11) is 0. The molecule has 98 valence electrons. The molecule has 0 spiro atoms. The van der Waals surface area contributed by atoms with Crippen LogP contribution in [0.4, 0.5) is 20.6 Å². The number of amides is 2. The van der Waals surface area contributed by atoms with Gasteiger partial charge in [0.1, 0.15) is 5.82 Å². The Labute approximate surface area is 110 Å². The summed E-state index contributed by atoms with van der Waals surface area (Å²) in [6, 6.07) is 12.9. The molecule has 0 aliphatic heterocycles. The zero-order chi connectivity index (χ0) is 13.7. The molecule has 0 saturated heterocycles. The van der Waals surface area contributed by atoms with Crippen LogP contribution < -0.4 is 16.4 Å². The van der Waals surface area contributed by atoms with Crippen molar-refractivity contribution in [2.45, 2.75) is 6.54 Å². The van der Waals surface area contributed by atoms with Crippen molar-refractivity contribution >= 4 is 17.4 Å². The molecule has 0 atom stereocenters. The summed E-state index contributed by atoms with van der Waals surface area (Å²) in [6.45, 7) is 0.391. The van der Waals surface area contributed by atoms with Crippen molar-refractivity contribution in [1.82, 2.24) is 5.32 Å². The van der Waals surface area contributed by atoms with Gasteiger partial charge in [-0.3, -0.25) is 0 Å². The summed E-state index contributed by atoms with van der Waals surface area (Å²) in [4.78, 5) is 11.6. The maximum atomic E-state index is 13.0. The van der Waals surface area contributed by atoms with Crippen molar-refractivity contribution < 1.29 is 9.18 Å². The summed E-state index contributed by atoms with van der Waals surface area (Å²) in [5.74, 6) is -0.451.